The summed E-state index contributed by atoms with van der Waals surface area (Å²) in [5.41, 5.74) is 1.25. The molecule has 10 aromatic rings. The van der Waals surface area contributed by atoms with E-state index in [-0.39, 0.29) is 163 Å². The molecule has 89 heavy (non-hydrogen) atoms. The standard InChI is InChI=1S/C62H48Cl4F4N10O9/c1-71-59(81)49-25-41(65)35(27-73-49)29-87-55-9-5-7-47(75-55)37-23-39(63)31(15-43(37)67)21-53-77-57-45(69)17-33(19-51(57)79(53)11-13-85-3)61(83)89-62(84)34-18-46(70)58-52(20-34)80(12-14-86-4)54(78-58)22-32-16-44(68)38(24-40(32)64)48-8-6-10-56(76-48)88-30-36-28-74-50(26-42(36)66)60(82)72-2/h5-10,15-20,23-28H,11-14,21-22,29-30H2,1-4H3,(H,71,81)(H,72,82). The maximum absolute atomic E-state index is 16.1. The van der Waals surface area contributed by atoms with Gasteiger partial charge in [-0.3, -0.25) is 19.6 Å². The van der Waals surface area contributed by atoms with Crippen molar-refractivity contribution < 1.29 is 60.4 Å². The molecule has 0 saturated heterocycles. The molecule has 27 heteroatoms. The average molecular weight is 1290 g/mol. The number of ether oxygens (including phenoxy) is 5. The number of hydrogen-bond donors (Lipinski definition) is 2. The first kappa shape index (κ1) is 62.9. The quantitative estimate of drug-likeness (QED) is 0.0365. The summed E-state index contributed by atoms with van der Waals surface area (Å²) >= 11 is 26.3. The van der Waals surface area contributed by atoms with Gasteiger partial charge in [0, 0.05) is 111 Å². The predicted octanol–water partition coefficient (Wildman–Crippen LogP) is 11.8. The summed E-state index contributed by atoms with van der Waals surface area (Å²) < 4.78 is 95.2. The Hall–Kier alpha value is -9.10. The van der Waals surface area contributed by atoms with Crippen LogP contribution in [0, 0.1) is 23.3 Å². The molecule has 0 unspecified atom stereocenters. The van der Waals surface area contributed by atoms with Gasteiger partial charge in [0.15, 0.2) is 11.6 Å². The molecule has 0 aliphatic heterocycles. The van der Waals surface area contributed by atoms with E-state index in [1.807, 2.05) is 0 Å². The zero-order chi connectivity index (χ0) is 63.2. The monoisotopic (exact) mass is 1290 g/mol. The number of carbonyl (C=O) groups excluding carboxylic acids is 4. The molecule has 0 atom stereocenters. The van der Waals surface area contributed by atoms with Crippen molar-refractivity contribution in [3.8, 4) is 34.3 Å². The SMILES string of the molecule is CNC(=O)c1cc(Cl)c(COc2cccc(-c3cc(Cl)c(Cc4nc5c(F)cc(C(=O)OC(=O)c6cc(F)c7nc(Cc8cc(F)c(-c9cccc(OCc%10cnc(C(=O)NC)cc%10Cl)n9)cc8Cl)n(CCOC)c7c6)cc5n4CCOC)cc3F)n2)cn1. The van der Waals surface area contributed by atoms with E-state index in [2.05, 4.69) is 40.5 Å². The first-order chi connectivity index (χ1) is 42.8. The van der Waals surface area contributed by atoms with Gasteiger partial charge in [0.05, 0.1) is 56.8 Å². The summed E-state index contributed by atoms with van der Waals surface area (Å²) in [6, 6.07) is 21.7. The van der Waals surface area contributed by atoms with Gasteiger partial charge >= 0.3 is 11.9 Å². The molecule has 0 saturated carbocycles. The zero-order valence-corrected chi connectivity index (χ0v) is 50.3. The molecule has 0 bridgehead atoms. The van der Waals surface area contributed by atoms with Gasteiger partial charge in [-0.1, -0.05) is 58.5 Å². The molecule has 4 aromatic carbocycles. The third-order valence-electron chi connectivity index (χ3n) is 14.0. The number of aromatic nitrogens is 8. The Kier molecular flexibility index (Phi) is 19.5. The van der Waals surface area contributed by atoms with Gasteiger partial charge in [0.1, 0.15) is 58.9 Å². The van der Waals surface area contributed by atoms with E-state index in [1.54, 1.807) is 45.5 Å². The van der Waals surface area contributed by atoms with Crippen LogP contribution >= 0.6 is 46.4 Å². The van der Waals surface area contributed by atoms with Gasteiger partial charge in [0.25, 0.3) is 11.8 Å². The number of methoxy groups -OCH3 is 2. The van der Waals surface area contributed by atoms with Crippen LogP contribution in [0.5, 0.6) is 11.8 Å². The molecule has 0 fully saturated rings. The van der Waals surface area contributed by atoms with Crippen molar-refractivity contribution in [1.82, 2.24) is 49.7 Å². The summed E-state index contributed by atoms with van der Waals surface area (Å²) in [6.07, 6.45) is 2.56. The van der Waals surface area contributed by atoms with E-state index in [0.29, 0.717) is 11.1 Å². The van der Waals surface area contributed by atoms with Crippen LogP contribution in [0.2, 0.25) is 20.1 Å². The van der Waals surface area contributed by atoms with E-state index < -0.39 is 58.1 Å². The van der Waals surface area contributed by atoms with Crippen molar-refractivity contribution in [3.63, 3.8) is 0 Å². The molecule has 0 radical (unpaired) electrons. The van der Waals surface area contributed by atoms with Crippen LogP contribution in [0.15, 0.2) is 109 Å². The van der Waals surface area contributed by atoms with E-state index in [0.717, 1.165) is 12.1 Å². The second kappa shape index (κ2) is 27.5. The summed E-state index contributed by atoms with van der Waals surface area (Å²) in [4.78, 5) is 77.6. The van der Waals surface area contributed by atoms with Crippen molar-refractivity contribution in [2.24, 2.45) is 0 Å². The molecule has 19 nitrogen and oxygen atoms in total. The molecule has 0 aliphatic rings. The minimum Gasteiger partial charge on any atom is -0.473 e. The third kappa shape index (κ3) is 13.9. The Bertz CT molecular complexity index is 4160. The highest BCUT2D eigenvalue weighted by Crippen LogP contribution is 2.35. The number of rotatable bonds is 22. The molecular formula is C62H48Cl4F4N10O9. The number of halogens is 8. The molecule has 10 rings (SSSR count). The molecule has 6 heterocycles. The lowest BCUT2D eigenvalue weighted by molar-refractivity contribution is 0.0396. The fourth-order valence-corrected chi connectivity index (χ4v) is 10.3. The normalized spacial score (nSPS) is 11.3. The van der Waals surface area contributed by atoms with E-state index in [4.69, 9.17) is 70.1 Å². The van der Waals surface area contributed by atoms with E-state index in [9.17, 15) is 19.2 Å². The van der Waals surface area contributed by atoms with Crippen LogP contribution in [0.4, 0.5) is 17.6 Å². The van der Waals surface area contributed by atoms with Crippen molar-refractivity contribution in [3.05, 3.63) is 209 Å². The average Bonchev–Trinajstić information content (AvgIpc) is 1.81. The number of amides is 2. The summed E-state index contributed by atoms with van der Waals surface area (Å²) in [7, 11) is 5.83. The first-order valence-corrected chi connectivity index (χ1v) is 28.4. The topological polar surface area (TPSA) is 226 Å². The molecule has 0 aliphatic carbocycles. The fraction of sp³-hybridized carbons (Fsp3) is 0.194. The lowest BCUT2D eigenvalue weighted by Gasteiger charge is -2.13. The van der Waals surface area contributed by atoms with E-state index >= 15 is 17.6 Å². The van der Waals surface area contributed by atoms with Crippen LogP contribution < -0.4 is 20.1 Å². The highest BCUT2D eigenvalue weighted by atomic mass is 35.5. The van der Waals surface area contributed by atoms with Crippen LogP contribution in [0.3, 0.4) is 0 Å². The van der Waals surface area contributed by atoms with Crippen LogP contribution in [-0.4, -0.2) is 104 Å². The minimum absolute atomic E-state index is 0.0408. The zero-order valence-electron chi connectivity index (χ0n) is 47.3. The number of nitrogens with one attached hydrogen (secondary N) is 2. The second-order valence-electron chi connectivity index (χ2n) is 19.7. The third-order valence-corrected chi connectivity index (χ3v) is 15.4. The van der Waals surface area contributed by atoms with E-state index in [1.165, 1.54) is 89.2 Å². The lowest BCUT2D eigenvalue weighted by Crippen LogP contribution is -2.19. The van der Waals surface area contributed by atoms with Gasteiger partial charge < -0.3 is 43.5 Å². The predicted molar refractivity (Wildman–Crippen MR) is 322 cm³/mol. The van der Waals surface area contributed by atoms with Crippen molar-refractivity contribution in [1.29, 1.82) is 0 Å². The highest BCUT2D eigenvalue weighted by Gasteiger charge is 2.26. The molecule has 456 valence electrons. The Balaban J connectivity index is 0.849. The number of esters is 2. The number of pyridine rings is 4. The number of imidazole rings is 2. The molecule has 2 N–H and O–H groups in total. The van der Waals surface area contributed by atoms with Gasteiger partial charge in [-0.2, -0.15) is 0 Å². The maximum atomic E-state index is 16.1. The smallest absolute Gasteiger partial charge is 0.346 e. The number of hydrogen-bond acceptors (Lipinski definition) is 15. The largest absolute Gasteiger partial charge is 0.473 e. The summed E-state index contributed by atoms with van der Waals surface area (Å²) in [5, 5.41) is 5.67. The van der Waals surface area contributed by atoms with Crippen LogP contribution in [0.1, 0.15) is 75.6 Å². The molecule has 6 aromatic heterocycles. The van der Waals surface area contributed by atoms with Crippen LogP contribution in [0.25, 0.3) is 44.6 Å². The fourth-order valence-electron chi connectivity index (χ4n) is 9.44. The summed E-state index contributed by atoms with van der Waals surface area (Å²) in [6.45, 7) is 0.219. The number of nitrogens with zero attached hydrogens (tertiary/aromatic N) is 8. The maximum Gasteiger partial charge on any atom is 0.346 e. The summed E-state index contributed by atoms with van der Waals surface area (Å²) in [5.74, 6) is -6.03. The van der Waals surface area contributed by atoms with Gasteiger partial charge in [0.2, 0.25) is 11.8 Å². The minimum atomic E-state index is -1.28. The molecule has 2 amide bonds. The first-order valence-electron chi connectivity index (χ1n) is 26.9. The lowest BCUT2D eigenvalue weighted by atomic mass is 10.0. The number of fused-ring (bicyclic) bond motifs is 2. The molecular weight excluding hydrogens is 1250 g/mol. The van der Waals surface area contributed by atoms with Gasteiger partial charge in [-0.05, 0) is 83.9 Å². The number of benzene rings is 4. The molecule has 0 spiro atoms. The van der Waals surface area contributed by atoms with Crippen molar-refractivity contribution in [2.45, 2.75) is 39.1 Å². The second-order valence-corrected chi connectivity index (χ2v) is 21.3. The Morgan fingerprint density at radius 1 is 0.506 bits per heavy atom. The van der Waals surface area contributed by atoms with Crippen molar-refractivity contribution >= 4 is 92.2 Å². The Morgan fingerprint density at radius 2 is 0.910 bits per heavy atom. The highest BCUT2D eigenvalue weighted by molar-refractivity contribution is 6.32. The number of carbonyl (C=O) groups is 4. The van der Waals surface area contributed by atoms with Gasteiger partial charge in [-0.25, -0.2) is 47.1 Å². The van der Waals surface area contributed by atoms with Crippen molar-refractivity contribution in [2.75, 3.05) is 41.5 Å². The Morgan fingerprint density at radius 3 is 1.29 bits per heavy atom. The van der Waals surface area contributed by atoms with Gasteiger partial charge in [-0.15, -0.1) is 0 Å². The van der Waals surface area contributed by atoms with Crippen LogP contribution in [-0.2, 0) is 53.4 Å². The Labute approximate surface area is 523 Å².